The standard InChI is InChI=1S/C52H56F2N8O6/c1-30-40(53)26-42-39(44(30)45-37(48(55)64)16-17-41(67-3)46(45)54)27-52(68-42,33-8-5-4-6-9-33)29-56-34-14-12-32(13-15-34)50(65)61-24-20-35(28-61)60-22-18-31(19-23-60)36-10-7-11-38-47(36)59(2)58-49(38)62-25-21-43(63)57-51(62)66/h4-5,7-8,10-11,14,16-17,26,31-32,35,43,56,63H,12-13,15,18-25,27-29H2,1-3H3,(H2,55,64)(H,57,66)/t32-,35+,43?,52+/m0/s1. The van der Waals surface area contributed by atoms with Gasteiger partial charge >= 0.3 is 6.03 Å². The van der Waals surface area contributed by atoms with Gasteiger partial charge in [0.15, 0.2) is 23.0 Å². The number of amides is 4. The molecule has 0 bridgehead atoms. The molecule has 3 aromatic carbocycles. The third-order valence-corrected chi connectivity index (χ3v) is 15.0. The molecule has 3 saturated heterocycles. The first-order valence-corrected chi connectivity index (χ1v) is 23.6. The number of hydrogen-bond acceptors (Lipinski definition) is 9. The smallest absolute Gasteiger partial charge is 0.325 e. The Labute approximate surface area is 393 Å². The molecule has 354 valence electrons. The molecule has 68 heavy (non-hydrogen) atoms. The van der Waals surface area contributed by atoms with Crippen LogP contribution >= 0.6 is 0 Å². The fraction of sp³-hybridized carbons (Fsp3) is 0.423. The monoisotopic (exact) mass is 926 g/mol. The van der Waals surface area contributed by atoms with Gasteiger partial charge in [-0.2, -0.15) is 5.10 Å². The first-order chi connectivity index (χ1) is 32.8. The van der Waals surface area contributed by atoms with Gasteiger partial charge in [0.2, 0.25) is 11.8 Å². The summed E-state index contributed by atoms with van der Waals surface area (Å²) in [5, 5.41) is 21.8. The summed E-state index contributed by atoms with van der Waals surface area (Å²) in [7, 11) is 3.24. The maximum atomic E-state index is 16.2. The molecule has 0 spiro atoms. The van der Waals surface area contributed by atoms with Gasteiger partial charge in [0.25, 0.3) is 0 Å². The molecule has 5 heterocycles. The second-order valence-electron chi connectivity index (χ2n) is 18.9. The highest BCUT2D eigenvalue weighted by Gasteiger charge is 2.46. The molecule has 6 aliphatic rings. The summed E-state index contributed by atoms with van der Waals surface area (Å²) in [5.74, 6) is -1.17. The van der Waals surface area contributed by atoms with Crippen LogP contribution in [0.15, 0.2) is 83.4 Å². The zero-order valence-electron chi connectivity index (χ0n) is 38.5. The predicted octanol–water partition coefficient (Wildman–Crippen LogP) is 6.41. The fourth-order valence-electron chi connectivity index (χ4n) is 11.3. The third kappa shape index (κ3) is 8.04. The van der Waals surface area contributed by atoms with Crippen LogP contribution in [0.4, 0.5) is 19.4 Å². The van der Waals surface area contributed by atoms with Crippen molar-refractivity contribution >= 4 is 34.6 Å². The molecule has 1 aromatic heterocycles. The SMILES string of the molecule is COc1ccc(C(N)=O)c(-c2c(C)c(F)cc3c2C[C@@](CNC2=CC[C@H](C(=O)N4CC[C@@H](N5CCC(c6cccc7c(N8CCC(O)NC8=O)nn(C)c67)CC5)C4)CC2)(C2=C=C=CC=C2)O3)c1F. The number of hydrogen-bond donors (Lipinski definition) is 4. The number of carbonyl (C=O) groups is 3. The lowest BCUT2D eigenvalue weighted by Gasteiger charge is -2.36. The van der Waals surface area contributed by atoms with Crippen molar-refractivity contribution in [2.45, 2.75) is 82.1 Å². The number of fused-ring (bicyclic) bond motifs is 2. The first-order valence-electron chi connectivity index (χ1n) is 23.6. The van der Waals surface area contributed by atoms with E-state index < -0.39 is 29.4 Å². The van der Waals surface area contributed by atoms with E-state index in [-0.39, 0.29) is 64.6 Å². The highest BCUT2D eigenvalue weighted by Crippen LogP contribution is 2.49. The number of aliphatic hydroxyl groups excluding tert-OH is 1. The van der Waals surface area contributed by atoms with Crippen LogP contribution in [0.3, 0.4) is 0 Å². The van der Waals surface area contributed by atoms with Gasteiger partial charge in [-0.25, -0.2) is 13.6 Å². The highest BCUT2D eigenvalue weighted by atomic mass is 19.1. The number of primary amides is 1. The molecule has 10 rings (SSSR count). The maximum Gasteiger partial charge on any atom is 0.325 e. The van der Waals surface area contributed by atoms with E-state index in [0.717, 1.165) is 62.0 Å². The third-order valence-electron chi connectivity index (χ3n) is 15.0. The van der Waals surface area contributed by atoms with E-state index in [1.54, 1.807) is 17.9 Å². The molecule has 2 aliphatic carbocycles. The van der Waals surface area contributed by atoms with Crippen molar-refractivity contribution in [1.82, 2.24) is 30.2 Å². The van der Waals surface area contributed by atoms with Crippen LogP contribution in [0.2, 0.25) is 0 Å². The Morgan fingerprint density at radius 1 is 1.09 bits per heavy atom. The lowest BCUT2D eigenvalue weighted by molar-refractivity contribution is -0.135. The summed E-state index contributed by atoms with van der Waals surface area (Å²) >= 11 is 0. The molecule has 14 nitrogen and oxygen atoms in total. The number of benzene rings is 3. The summed E-state index contributed by atoms with van der Waals surface area (Å²) in [6.07, 6.45) is 12.2. The molecule has 5 N–H and O–H groups in total. The topological polar surface area (TPSA) is 168 Å². The van der Waals surface area contributed by atoms with Gasteiger partial charge < -0.3 is 35.8 Å². The fourth-order valence-corrected chi connectivity index (χ4v) is 11.3. The number of nitrogens with two attached hydrogens (primary N) is 1. The number of anilines is 1. The number of aliphatic hydroxyl groups is 1. The minimum Gasteiger partial charge on any atom is -0.494 e. The summed E-state index contributed by atoms with van der Waals surface area (Å²) < 4.78 is 45.8. The van der Waals surface area contributed by atoms with E-state index in [2.05, 4.69) is 44.0 Å². The largest absolute Gasteiger partial charge is 0.494 e. The predicted molar refractivity (Wildman–Crippen MR) is 252 cm³/mol. The average molecular weight is 927 g/mol. The number of para-hydroxylation sites is 1. The molecule has 1 unspecified atom stereocenters. The number of likely N-dealkylation sites (tertiary alicyclic amines) is 2. The number of carbonyl (C=O) groups excluding carboxylic acids is 3. The van der Waals surface area contributed by atoms with E-state index in [4.69, 9.17) is 20.3 Å². The Balaban J connectivity index is 0.781. The van der Waals surface area contributed by atoms with Crippen molar-refractivity contribution in [3.05, 3.63) is 117 Å². The number of nitrogens with zero attached hydrogens (tertiary/aromatic N) is 5. The molecular weight excluding hydrogens is 871 g/mol. The summed E-state index contributed by atoms with van der Waals surface area (Å²) in [5.41, 5.74) is 15.4. The number of methoxy groups -OCH3 is 1. The van der Waals surface area contributed by atoms with Gasteiger partial charge in [-0.3, -0.25) is 24.1 Å². The van der Waals surface area contributed by atoms with E-state index in [1.165, 1.54) is 30.9 Å². The van der Waals surface area contributed by atoms with E-state index in [1.807, 2.05) is 36.0 Å². The molecule has 0 radical (unpaired) electrons. The van der Waals surface area contributed by atoms with E-state index in [0.29, 0.717) is 61.1 Å². The lowest BCUT2D eigenvalue weighted by Crippen LogP contribution is -2.52. The number of piperidine rings is 1. The molecular formula is C52H56F2N8O6. The van der Waals surface area contributed by atoms with Crippen molar-refractivity contribution in [2.75, 3.05) is 51.3 Å². The van der Waals surface area contributed by atoms with Gasteiger partial charge in [-0.15, -0.1) is 0 Å². The zero-order valence-corrected chi connectivity index (χ0v) is 38.5. The Morgan fingerprint density at radius 2 is 1.91 bits per heavy atom. The minimum atomic E-state index is -1.10. The van der Waals surface area contributed by atoms with Crippen LogP contribution in [0.5, 0.6) is 11.5 Å². The van der Waals surface area contributed by atoms with Gasteiger partial charge in [0.05, 0.1) is 24.7 Å². The Hall–Kier alpha value is -6.70. The average Bonchev–Trinajstić information content (AvgIpc) is 4.08. The van der Waals surface area contributed by atoms with Crippen LogP contribution in [0.25, 0.3) is 22.0 Å². The van der Waals surface area contributed by atoms with E-state index in [9.17, 15) is 19.5 Å². The summed E-state index contributed by atoms with van der Waals surface area (Å²) in [6, 6.07) is 10.2. The normalized spacial score (nSPS) is 23.9. The maximum absolute atomic E-state index is 16.2. The van der Waals surface area contributed by atoms with Crippen molar-refractivity contribution in [3.8, 4) is 22.6 Å². The number of aromatic nitrogens is 2. The van der Waals surface area contributed by atoms with Gasteiger partial charge in [0, 0.05) is 85.3 Å². The van der Waals surface area contributed by atoms with Gasteiger partial charge in [0.1, 0.15) is 17.8 Å². The number of aryl methyl sites for hydroxylation is 1. The molecule has 16 heteroatoms. The van der Waals surface area contributed by atoms with E-state index >= 15 is 8.78 Å². The molecule has 4 aliphatic heterocycles. The number of rotatable bonds is 11. The van der Waals surface area contributed by atoms with Crippen LogP contribution in [0.1, 0.15) is 77.9 Å². The van der Waals surface area contributed by atoms with Gasteiger partial charge in [-0.05, 0) is 111 Å². The quantitative estimate of drug-likeness (QED) is 0.124. The zero-order chi connectivity index (χ0) is 47.4. The molecule has 4 amide bonds. The van der Waals surface area contributed by atoms with Crippen LogP contribution in [0, 0.1) is 24.5 Å². The highest BCUT2D eigenvalue weighted by molar-refractivity contribution is 6.03. The van der Waals surface area contributed by atoms with Crippen molar-refractivity contribution in [3.63, 3.8) is 0 Å². The molecule has 4 aromatic rings. The van der Waals surface area contributed by atoms with Crippen molar-refractivity contribution < 1.29 is 37.7 Å². The number of halogens is 2. The number of nitrogens with one attached hydrogen (secondary N) is 2. The number of ether oxygens (including phenoxy) is 2. The second-order valence-corrected chi connectivity index (χ2v) is 18.9. The first kappa shape index (κ1) is 45.1. The summed E-state index contributed by atoms with van der Waals surface area (Å²) in [4.78, 5) is 45.6. The van der Waals surface area contributed by atoms with Crippen molar-refractivity contribution in [1.29, 1.82) is 0 Å². The Morgan fingerprint density at radius 3 is 2.63 bits per heavy atom. The summed E-state index contributed by atoms with van der Waals surface area (Å²) in [6.45, 7) is 5.52. The molecule has 4 atom stereocenters. The number of allylic oxidation sites excluding steroid dienone is 4. The van der Waals surface area contributed by atoms with Crippen molar-refractivity contribution in [2.24, 2.45) is 18.7 Å². The minimum absolute atomic E-state index is 0.0999. The second kappa shape index (κ2) is 18.1. The molecule has 3 fully saturated rings. The van der Waals surface area contributed by atoms with Crippen LogP contribution in [-0.4, -0.2) is 107 Å². The molecule has 0 saturated carbocycles. The van der Waals surface area contributed by atoms with Gasteiger partial charge in [-0.1, -0.05) is 35.7 Å². The number of urea groups is 1. The Bertz CT molecular complexity index is 2910. The Kier molecular flexibility index (Phi) is 12.0. The lowest BCUT2D eigenvalue weighted by atomic mass is 9.83. The van der Waals surface area contributed by atoms with Crippen LogP contribution in [-0.2, 0) is 18.3 Å². The van der Waals surface area contributed by atoms with Crippen LogP contribution < -0.4 is 30.7 Å².